The quantitative estimate of drug-likeness (QED) is 0.565. The Morgan fingerprint density at radius 2 is 1.63 bits per heavy atom. The van der Waals surface area contributed by atoms with Gasteiger partial charge in [0.1, 0.15) is 11.6 Å². The number of carbonyl (C=O) groups excluding carboxylic acids is 2. The molecule has 1 amide bonds. The molecule has 136 valence electrons. The van der Waals surface area contributed by atoms with Crippen LogP contribution in [0.5, 0.6) is 5.75 Å². The minimum atomic E-state index is -0.560. The minimum Gasteiger partial charge on any atom is -0.428 e. The van der Waals surface area contributed by atoms with Crippen LogP contribution in [0.25, 0.3) is 11.1 Å². The number of halogens is 3. The first-order valence-electron chi connectivity index (χ1n) is 7.76. The first kappa shape index (κ1) is 18.9. The number of carbonyl (C=O) groups is 2. The van der Waals surface area contributed by atoms with Gasteiger partial charge in [-0.3, -0.25) is 9.59 Å². The summed E-state index contributed by atoms with van der Waals surface area (Å²) in [6.45, 7) is 0.231. The Balaban J connectivity index is 1.94. The van der Waals surface area contributed by atoms with E-state index in [0.29, 0.717) is 11.1 Å². The molecule has 0 aromatic heterocycles. The fourth-order valence-corrected chi connectivity index (χ4v) is 3.11. The summed E-state index contributed by atoms with van der Waals surface area (Å²) in [6, 6.07) is 15.4. The fourth-order valence-electron chi connectivity index (χ4n) is 2.53. The average molecular weight is 404 g/mol. The van der Waals surface area contributed by atoms with Gasteiger partial charge >= 0.3 is 0 Å². The maximum Gasteiger partial charge on any atom is 0.298 e. The van der Waals surface area contributed by atoms with Crippen LogP contribution in [0.3, 0.4) is 0 Å². The fraction of sp³-hybridized carbons (Fsp3) is 0. The molecule has 1 N–H and O–H groups in total. The van der Waals surface area contributed by atoms with Crippen molar-refractivity contribution >= 4 is 41.3 Å². The van der Waals surface area contributed by atoms with Crippen LogP contribution in [0, 0.1) is 5.82 Å². The third-order valence-electron chi connectivity index (χ3n) is 3.77. The summed E-state index contributed by atoms with van der Waals surface area (Å²) in [5.74, 6) is -0.878. The second-order valence-electron chi connectivity index (χ2n) is 5.46. The molecule has 0 saturated heterocycles. The van der Waals surface area contributed by atoms with Gasteiger partial charge in [0, 0.05) is 5.56 Å². The molecule has 0 radical (unpaired) electrons. The third kappa shape index (κ3) is 4.10. The zero-order valence-corrected chi connectivity index (χ0v) is 15.2. The number of para-hydroxylation sites is 1. The number of nitrogens with one attached hydrogen (secondary N) is 1. The topological polar surface area (TPSA) is 55.4 Å². The van der Waals surface area contributed by atoms with Gasteiger partial charge in [-0.05, 0) is 35.9 Å². The second kappa shape index (κ2) is 8.20. The molecule has 0 heterocycles. The van der Waals surface area contributed by atoms with Crippen LogP contribution in [0.4, 0.5) is 10.1 Å². The molecule has 0 unspecified atom stereocenters. The Morgan fingerprint density at radius 3 is 2.30 bits per heavy atom. The smallest absolute Gasteiger partial charge is 0.298 e. The Kier molecular flexibility index (Phi) is 5.74. The minimum absolute atomic E-state index is 0.0974. The van der Waals surface area contributed by atoms with E-state index in [1.165, 1.54) is 30.3 Å². The van der Waals surface area contributed by atoms with Gasteiger partial charge in [-0.25, -0.2) is 4.39 Å². The van der Waals surface area contributed by atoms with Crippen LogP contribution in [-0.2, 0) is 4.79 Å². The molecule has 4 nitrogen and oxygen atoms in total. The van der Waals surface area contributed by atoms with E-state index in [9.17, 15) is 14.0 Å². The molecule has 0 spiro atoms. The van der Waals surface area contributed by atoms with Crippen molar-refractivity contribution in [3.05, 3.63) is 82.1 Å². The van der Waals surface area contributed by atoms with Crippen LogP contribution in [0.2, 0.25) is 10.0 Å². The summed E-state index contributed by atoms with van der Waals surface area (Å²) < 4.78 is 18.8. The highest BCUT2D eigenvalue weighted by Gasteiger charge is 2.17. The van der Waals surface area contributed by atoms with Gasteiger partial charge in [0.2, 0.25) is 0 Å². The van der Waals surface area contributed by atoms with Gasteiger partial charge in [0.05, 0.1) is 21.3 Å². The Morgan fingerprint density at radius 1 is 1.00 bits per heavy atom. The number of anilines is 1. The van der Waals surface area contributed by atoms with Gasteiger partial charge < -0.3 is 10.1 Å². The van der Waals surface area contributed by atoms with Gasteiger partial charge in [-0.1, -0.05) is 53.5 Å². The predicted molar refractivity (Wildman–Crippen MR) is 103 cm³/mol. The highest BCUT2D eigenvalue weighted by molar-refractivity contribution is 6.40. The van der Waals surface area contributed by atoms with Gasteiger partial charge in [-0.15, -0.1) is 0 Å². The normalized spacial score (nSPS) is 10.3. The number of rotatable bonds is 5. The Hall–Kier alpha value is -2.89. The maximum atomic E-state index is 14.0. The van der Waals surface area contributed by atoms with Crippen molar-refractivity contribution in [2.75, 3.05) is 5.32 Å². The molecule has 7 heteroatoms. The van der Waals surface area contributed by atoms with Crippen molar-refractivity contribution in [1.82, 2.24) is 0 Å². The summed E-state index contributed by atoms with van der Waals surface area (Å²) in [6.07, 6.45) is 0. The lowest BCUT2D eigenvalue weighted by Crippen LogP contribution is -2.14. The molecular weight excluding hydrogens is 392 g/mol. The van der Waals surface area contributed by atoms with Gasteiger partial charge in [-0.2, -0.15) is 0 Å². The van der Waals surface area contributed by atoms with Crippen LogP contribution < -0.4 is 10.1 Å². The molecule has 0 fully saturated rings. The van der Waals surface area contributed by atoms with E-state index in [0.717, 1.165) is 0 Å². The lowest BCUT2D eigenvalue weighted by molar-refractivity contribution is -0.120. The predicted octanol–water partition coefficient (Wildman–Crippen LogP) is 5.59. The van der Waals surface area contributed by atoms with E-state index in [1.54, 1.807) is 30.3 Å². The maximum absolute atomic E-state index is 14.0. The lowest BCUT2D eigenvalue weighted by atomic mass is 10.0. The highest BCUT2D eigenvalue weighted by Crippen LogP contribution is 2.37. The van der Waals surface area contributed by atoms with Crippen molar-refractivity contribution < 1.29 is 18.7 Å². The van der Waals surface area contributed by atoms with Crippen LogP contribution >= 0.6 is 23.2 Å². The molecule has 0 aliphatic rings. The zero-order valence-electron chi connectivity index (χ0n) is 13.7. The molecule has 0 aliphatic carbocycles. The first-order valence-corrected chi connectivity index (χ1v) is 8.51. The van der Waals surface area contributed by atoms with Crippen molar-refractivity contribution in [3.8, 4) is 16.9 Å². The summed E-state index contributed by atoms with van der Waals surface area (Å²) in [7, 11) is 0. The summed E-state index contributed by atoms with van der Waals surface area (Å²) in [5, 5.41) is 2.88. The summed E-state index contributed by atoms with van der Waals surface area (Å²) >= 11 is 12.5. The molecule has 27 heavy (non-hydrogen) atoms. The Bertz CT molecular complexity index is 1000. The number of benzene rings is 3. The molecule has 3 rings (SSSR count). The van der Waals surface area contributed by atoms with Gasteiger partial charge in [0.15, 0.2) is 0 Å². The van der Waals surface area contributed by atoms with E-state index in [2.05, 4.69) is 5.32 Å². The molecule has 0 saturated carbocycles. The monoisotopic (exact) mass is 403 g/mol. The van der Waals surface area contributed by atoms with Crippen molar-refractivity contribution in [2.24, 2.45) is 0 Å². The van der Waals surface area contributed by atoms with E-state index in [-0.39, 0.29) is 33.5 Å². The molecule has 3 aromatic rings. The van der Waals surface area contributed by atoms with Gasteiger partial charge in [0.25, 0.3) is 12.4 Å². The Labute approximate surface area is 164 Å². The zero-order chi connectivity index (χ0) is 19.4. The van der Waals surface area contributed by atoms with Crippen molar-refractivity contribution in [1.29, 1.82) is 0 Å². The molecule has 0 atom stereocenters. The van der Waals surface area contributed by atoms with E-state index < -0.39 is 11.7 Å². The highest BCUT2D eigenvalue weighted by atomic mass is 35.5. The average Bonchev–Trinajstić information content (AvgIpc) is 2.65. The molecular formula is C20H12Cl2FNO3. The third-order valence-corrected chi connectivity index (χ3v) is 4.37. The van der Waals surface area contributed by atoms with Crippen molar-refractivity contribution in [2.45, 2.75) is 0 Å². The van der Waals surface area contributed by atoms with Crippen LogP contribution in [0.15, 0.2) is 60.7 Å². The lowest BCUT2D eigenvalue weighted by Gasteiger charge is -2.13. The molecule has 3 aromatic carbocycles. The number of amides is 1. The molecule has 0 aliphatic heterocycles. The van der Waals surface area contributed by atoms with Crippen molar-refractivity contribution in [3.63, 3.8) is 0 Å². The number of hydrogen-bond acceptors (Lipinski definition) is 3. The number of hydrogen-bond donors (Lipinski definition) is 1. The summed E-state index contributed by atoms with van der Waals surface area (Å²) in [4.78, 5) is 23.1. The van der Waals surface area contributed by atoms with E-state index >= 15 is 0 Å². The van der Waals surface area contributed by atoms with E-state index in [1.807, 2.05) is 0 Å². The SMILES string of the molecule is O=COc1ccccc1C(=O)Nc1c(Cl)cc(-c2ccccc2F)cc1Cl. The molecule has 0 bridgehead atoms. The number of ether oxygens (including phenoxy) is 1. The summed E-state index contributed by atoms with van der Waals surface area (Å²) in [5.41, 5.74) is 1.12. The van der Waals surface area contributed by atoms with Crippen LogP contribution in [0.1, 0.15) is 10.4 Å². The largest absolute Gasteiger partial charge is 0.428 e. The first-order chi connectivity index (χ1) is 13.0. The second-order valence-corrected chi connectivity index (χ2v) is 6.27. The standard InChI is InChI=1S/C20H12Cl2FNO3/c21-15-9-12(13-5-1-3-7-17(13)23)10-16(22)19(15)24-20(26)14-6-2-4-8-18(14)27-11-25/h1-11H,(H,24,26). The van der Waals surface area contributed by atoms with Crippen LogP contribution in [-0.4, -0.2) is 12.4 Å². The van der Waals surface area contributed by atoms with E-state index in [4.69, 9.17) is 27.9 Å².